The number of hydrogen-bond donors (Lipinski definition) is 2. The molecule has 1 aromatic heterocycles. The van der Waals surface area contributed by atoms with Crippen LogP contribution in [-0.4, -0.2) is 10.9 Å². The average Bonchev–Trinajstić information content (AvgIpc) is 2.89. The first-order valence-electron chi connectivity index (χ1n) is 11.0. The SMILES string of the molecule is N#Cc1ccc2nccc(Nc3cccc(C(=O)Nc4cccc(Oc5ccccc5)c4)c3)c2c1. The Balaban J connectivity index is 1.33. The molecule has 0 saturated heterocycles. The van der Waals surface area contributed by atoms with Gasteiger partial charge in [-0.05, 0) is 66.7 Å². The summed E-state index contributed by atoms with van der Waals surface area (Å²) in [5.41, 5.74) is 4.01. The van der Waals surface area contributed by atoms with Gasteiger partial charge in [0, 0.05) is 40.3 Å². The fourth-order valence-electron chi connectivity index (χ4n) is 3.68. The number of ether oxygens (including phenoxy) is 1. The van der Waals surface area contributed by atoms with Crippen LogP contribution < -0.4 is 15.4 Å². The van der Waals surface area contributed by atoms with Crippen molar-refractivity contribution in [2.24, 2.45) is 0 Å². The van der Waals surface area contributed by atoms with E-state index in [0.717, 1.165) is 28.0 Å². The molecule has 0 aliphatic carbocycles. The Bertz CT molecular complexity index is 1560. The summed E-state index contributed by atoms with van der Waals surface area (Å²) in [6, 6.07) is 33.3. The maximum absolute atomic E-state index is 13.0. The van der Waals surface area contributed by atoms with Gasteiger partial charge in [0.1, 0.15) is 11.5 Å². The second kappa shape index (κ2) is 9.77. The second-order valence-electron chi connectivity index (χ2n) is 7.81. The number of rotatable bonds is 6. The molecule has 5 aromatic rings. The van der Waals surface area contributed by atoms with Gasteiger partial charge >= 0.3 is 0 Å². The standard InChI is InChI=1S/C29H20N4O2/c30-19-20-12-13-27-26(16-20)28(14-15-31-27)32-22-7-4-6-21(17-22)29(34)33-23-8-5-11-25(18-23)35-24-9-2-1-3-10-24/h1-18H,(H,31,32)(H,33,34). The van der Waals surface area contributed by atoms with E-state index in [1.165, 1.54) is 0 Å². The minimum Gasteiger partial charge on any atom is -0.457 e. The summed E-state index contributed by atoms with van der Waals surface area (Å²) >= 11 is 0. The van der Waals surface area contributed by atoms with Gasteiger partial charge in [-0.25, -0.2) is 0 Å². The average molecular weight is 457 g/mol. The Labute approximate surface area is 202 Å². The van der Waals surface area contributed by atoms with E-state index in [2.05, 4.69) is 21.7 Å². The molecule has 1 amide bonds. The smallest absolute Gasteiger partial charge is 0.255 e. The molecule has 168 valence electrons. The van der Waals surface area contributed by atoms with Crippen molar-refractivity contribution in [3.63, 3.8) is 0 Å². The van der Waals surface area contributed by atoms with E-state index >= 15 is 0 Å². The maximum Gasteiger partial charge on any atom is 0.255 e. The summed E-state index contributed by atoms with van der Waals surface area (Å²) in [5.74, 6) is 1.11. The summed E-state index contributed by atoms with van der Waals surface area (Å²) in [7, 11) is 0. The van der Waals surface area contributed by atoms with Gasteiger partial charge in [0.05, 0.1) is 17.1 Å². The third-order valence-electron chi connectivity index (χ3n) is 5.35. The van der Waals surface area contributed by atoms with Crippen molar-refractivity contribution in [3.05, 3.63) is 120 Å². The van der Waals surface area contributed by atoms with Crippen LogP contribution in [0.5, 0.6) is 11.5 Å². The number of benzene rings is 4. The van der Waals surface area contributed by atoms with Crippen LogP contribution in [0.25, 0.3) is 10.9 Å². The number of pyridine rings is 1. The van der Waals surface area contributed by atoms with E-state index in [4.69, 9.17) is 4.74 Å². The molecular formula is C29H20N4O2. The van der Waals surface area contributed by atoms with E-state index in [1.54, 1.807) is 36.5 Å². The van der Waals surface area contributed by atoms with Gasteiger partial charge in [-0.1, -0.05) is 30.3 Å². The summed E-state index contributed by atoms with van der Waals surface area (Å²) in [6.45, 7) is 0. The number of hydrogen-bond acceptors (Lipinski definition) is 5. The predicted molar refractivity (Wildman–Crippen MR) is 137 cm³/mol. The molecule has 0 radical (unpaired) electrons. The zero-order chi connectivity index (χ0) is 24.0. The molecule has 0 saturated carbocycles. The lowest BCUT2D eigenvalue weighted by molar-refractivity contribution is 0.102. The third-order valence-corrected chi connectivity index (χ3v) is 5.35. The number of para-hydroxylation sites is 1. The summed E-state index contributed by atoms with van der Waals surface area (Å²) in [6.07, 6.45) is 1.71. The van der Waals surface area contributed by atoms with E-state index < -0.39 is 0 Å². The van der Waals surface area contributed by atoms with Crippen LogP contribution in [0.3, 0.4) is 0 Å². The third kappa shape index (κ3) is 5.10. The summed E-state index contributed by atoms with van der Waals surface area (Å²) < 4.78 is 5.86. The minimum atomic E-state index is -0.239. The fraction of sp³-hybridized carbons (Fsp3) is 0. The van der Waals surface area contributed by atoms with Crippen molar-refractivity contribution < 1.29 is 9.53 Å². The minimum absolute atomic E-state index is 0.239. The highest BCUT2D eigenvalue weighted by molar-refractivity contribution is 6.05. The maximum atomic E-state index is 13.0. The molecule has 4 aromatic carbocycles. The van der Waals surface area contributed by atoms with Crippen LogP contribution in [0.15, 0.2) is 109 Å². The highest BCUT2D eigenvalue weighted by atomic mass is 16.5. The van der Waals surface area contributed by atoms with Crippen molar-refractivity contribution in [2.45, 2.75) is 0 Å². The number of carbonyl (C=O) groups excluding carboxylic acids is 1. The van der Waals surface area contributed by atoms with Crippen molar-refractivity contribution in [2.75, 3.05) is 10.6 Å². The van der Waals surface area contributed by atoms with Crippen molar-refractivity contribution in [3.8, 4) is 17.6 Å². The van der Waals surface area contributed by atoms with Crippen molar-refractivity contribution in [1.29, 1.82) is 5.26 Å². The van der Waals surface area contributed by atoms with Crippen LogP contribution in [0, 0.1) is 11.3 Å². The normalized spacial score (nSPS) is 10.4. The first-order valence-corrected chi connectivity index (χ1v) is 11.0. The topological polar surface area (TPSA) is 87.0 Å². The molecule has 0 aliphatic rings. The van der Waals surface area contributed by atoms with E-state index in [-0.39, 0.29) is 5.91 Å². The van der Waals surface area contributed by atoms with Gasteiger partial charge in [0.25, 0.3) is 5.91 Å². The number of fused-ring (bicyclic) bond motifs is 1. The molecule has 0 spiro atoms. The number of carbonyl (C=O) groups is 1. The number of nitrogens with one attached hydrogen (secondary N) is 2. The van der Waals surface area contributed by atoms with Crippen LogP contribution in [0.2, 0.25) is 0 Å². The largest absolute Gasteiger partial charge is 0.457 e. The Morgan fingerprint density at radius 2 is 1.60 bits per heavy atom. The van der Waals surface area contributed by atoms with E-state index in [9.17, 15) is 10.1 Å². The quantitative estimate of drug-likeness (QED) is 0.290. The Morgan fingerprint density at radius 1 is 0.800 bits per heavy atom. The predicted octanol–water partition coefficient (Wildman–Crippen LogP) is 6.89. The van der Waals surface area contributed by atoms with Gasteiger partial charge in [-0.2, -0.15) is 5.26 Å². The molecule has 0 bridgehead atoms. The monoisotopic (exact) mass is 456 g/mol. The van der Waals surface area contributed by atoms with Crippen molar-refractivity contribution >= 4 is 33.9 Å². The molecule has 0 atom stereocenters. The van der Waals surface area contributed by atoms with Crippen LogP contribution in [0.1, 0.15) is 15.9 Å². The van der Waals surface area contributed by atoms with Gasteiger partial charge in [-0.3, -0.25) is 9.78 Å². The lowest BCUT2D eigenvalue weighted by atomic mass is 10.1. The fourth-order valence-corrected chi connectivity index (χ4v) is 3.68. The van der Waals surface area contributed by atoms with Gasteiger partial charge in [-0.15, -0.1) is 0 Å². The molecule has 6 nitrogen and oxygen atoms in total. The van der Waals surface area contributed by atoms with Crippen LogP contribution in [-0.2, 0) is 0 Å². The van der Waals surface area contributed by atoms with Gasteiger partial charge in [0.2, 0.25) is 0 Å². The lowest BCUT2D eigenvalue weighted by Crippen LogP contribution is -2.12. The Hall–Kier alpha value is -5.15. The molecule has 2 N–H and O–H groups in total. The first-order chi connectivity index (χ1) is 17.2. The number of anilines is 3. The second-order valence-corrected chi connectivity index (χ2v) is 7.81. The highest BCUT2D eigenvalue weighted by Crippen LogP contribution is 2.27. The van der Waals surface area contributed by atoms with Gasteiger partial charge in [0.15, 0.2) is 0 Å². The highest BCUT2D eigenvalue weighted by Gasteiger charge is 2.10. The Morgan fingerprint density at radius 3 is 2.46 bits per heavy atom. The van der Waals surface area contributed by atoms with E-state index in [0.29, 0.717) is 22.6 Å². The lowest BCUT2D eigenvalue weighted by Gasteiger charge is -2.12. The molecule has 6 heteroatoms. The zero-order valence-electron chi connectivity index (χ0n) is 18.6. The molecule has 0 fully saturated rings. The molecule has 1 heterocycles. The van der Waals surface area contributed by atoms with Crippen LogP contribution in [0.4, 0.5) is 17.1 Å². The Kier molecular flexibility index (Phi) is 6.05. The zero-order valence-corrected chi connectivity index (χ0v) is 18.6. The summed E-state index contributed by atoms with van der Waals surface area (Å²) in [5, 5.41) is 16.3. The summed E-state index contributed by atoms with van der Waals surface area (Å²) in [4.78, 5) is 17.3. The molecular weight excluding hydrogens is 436 g/mol. The number of nitrogens with zero attached hydrogens (tertiary/aromatic N) is 2. The number of aromatic nitrogens is 1. The van der Waals surface area contributed by atoms with Crippen LogP contribution >= 0.6 is 0 Å². The van der Waals surface area contributed by atoms with E-state index in [1.807, 2.05) is 72.8 Å². The number of amides is 1. The first kappa shape index (κ1) is 21.7. The number of nitriles is 1. The molecule has 5 rings (SSSR count). The molecule has 0 aliphatic heterocycles. The van der Waals surface area contributed by atoms with Gasteiger partial charge < -0.3 is 15.4 Å². The van der Waals surface area contributed by atoms with Crippen molar-refractivity contribution in [1.82, 2.24) is 4.98 Å². The molecule has 35 heavy (non-hydrogen) atoms. The molecule has 0 unspecified atom stereocenters.